The van der Waals surface area contributed by atoms with E-state index in [1.54, 1.807) is 37.3 Å². The predicted molar refractivity (Wildman–Crippen MR) is 103 cm³/mol. The monoisotopic (exact) mass is 368 g/mol. The second-order valence-corrected chi connectivity index (χ2v) is 6.45. The minimum absolute atomic E-state index is 0.0912. The van der Waals surface area contributed by atoms with Gasteiger partial charge in [0.15, 0.2) is 11.5 Å². The molecule has 1 aliphatic rings. The highest BCUT2D eigenvalue weighted by Crippen LogP contribution is 2.31. The standard InChI is InChI=1S/C21H24N2O4/c1-4-7-17(23-13-14-8-5-6-9-16(14)21(23)25)20(24)22-15-10-11-18(26-2)19(12-15)27-3/h5-6,8-12,17H,4,7,13H2,1-3H3,(H,22,24)/t17-/m1/s1. The van der Waals surface area contributed by atoms with Crippen LogP contribution in [0.5, 0.6) is 11.5 Å². The summed E-state index contributed by atoms with van der Waals surface area (Å²) in [5.41, 5.74) is 2.24. The van der Waals surface area contributed by atoms with Crippen molar-refractivity contribution in [3.8, 4) is 11.5 Å². The number of ether oxygens (including phenoxy) is 2. The summed E-state index contributed by atoms with van der Waals surface area (Å²) in [7, 11) is 3.10. The number of hydrogen-bond acceptors (Lipinski definition) is 4. The van der Waals surface area contributed by atoms with Crippen molar-refractivity contribution in [1.29, 1.82) is 0 Å². The molecule has 0 aromatic heterocycles. The lowest BCUT2D eigenvalue weighted by atomic mass is 10.1. The molecule has 2 aromatic rings. The quantitative estimate of drug-likeness (QED) is 0.813. The Balaban J connectivity index is 1.80. The number of nitrogens with one attached hydrogen (secondary N) is 1. The maximum Gasteiger partial charge on any atom is 0.255 e. The highest BCUT2D eigenvalue weighted by atomic mass is 16.5. The summed E-state index contributed by atoms with van der Waals surface area (Å²) in [5, 5.41) is 2.91. The second-order valence-electron chi connectivity index (χ2n) is 6.45. The Hall–Kier alpha value is -3.02. The van der Waals surface area contributed by atoms with Crippen molar-refractivity contribution < 1.29 is 19.1 Å². The number of carbonyl (C=O) groups excluding carboxylic acids is 2. The van der Waals surface area contributed by atoms with Gasteiger partial charge in [-0.25, -0.2) is 0 Å². The smallest absolute Gasteiger partial charge is 0.255 e. The van der Waals surface area contributed by atoms with E-state index >= 15 is 0 Å². The Morgan fingerprint density at radius 2 is 1.89 bits per heavy atom. The molecular weight excluding hydrogens is 344 g/mol. The van der Waals surface area contributed by atoms with Crippen LogP contribution in [0.1, 0.15) is 35.7 Å². The van der Waals surface area contributed by atoms with E-state index in [0.29, 0.717) is 35.7 Å². The third-order valence-electron chi connectivity index (χ3n) is 4.74. The lowest BCUT2D eigenvalue weighted by Crippen LogP contribution is -2.44. The fraction of sp³-hybridized carbons (Fsp3) is 0.333. The first-order chi connectivity index (χ1) is 13.1. The normalized spacial score (nSPS) is 13.9. The van der Waals surface area contributed by atoms with Crippen LogP contribution in [0.2, 0.25) is 0 Å². The number of fused-ring (bicyclic) bond motifs is 1. The summed E-state index contributed by atoms with van der Waals surface area (Å²) < 4.78 is 10.5. The Labute approximate surface area is 159 Å². The maximum atomic E-state index is 13.0. The lowest BCUT2D eigenvalue weighted by Gasteiger charge is -2.26. The van der Waals surface area contributed by atoms with Crippen LogP contribution in [0.3, 0.4) is 0 Å². The minimum atomic E-state index is -0.525. The van der Waals surface area contributed by atoms with E-state index in [2.05, 4.69) is 5.32 Å². The molecule has 6 nitrogen and oxygen atoms in total. The number of benzene rings is 2. The predicted octanol–water partition coefficient (Wildman–Crippen LogP) is 3.47. The van der Waals surface area contributed by atoms with Gasteiger partial charge in [0, 0.05) is 23.9 Å². The van der Waals surface area contributed by atoms with Crippen LogP contribution in [0.15, 0.2) is 42.5 Å². The van der Waals surface area contributed by atoms with Gasteiger partial charge in [-0.3, -0.25) is 9.59 Å². The summed E-state index contributed by atoms with van der Waals surface area (Å²) in [6.07, 6.45) is 1.39. The van der Waals surface area contributed by atoms with Gasteiger partial charge in [0.25, 0.3) is 5.91 Å². The van der Waals surface area contributed by atoms with E-state index in [0.717, 1.165) is 12.0 Å². The van der Waals surface area contributed by atoms with Crippen molar-refractivity contribution in [3.05, 3.63) is 53.6 Å². The van der Waals surface area contributed by atoms with Gasteiger partial charge in [0.1, 0.15) is 6.04 Å². The van der Waals surface area contributed by atoms with Crippen molar-refractivity contribution in [1.82, 2.24) is 4.90 Å². The molecule has 0 spiro atoms. The van der Waals surface area contributed by atoms with Crippen molar-refractivity contribution in [3.63, 3.8) is 0 Å². The van der Waals surface area contributed by atoms with Crippen LogP contribution >= 0.6 is 0 Å². The maximum absolute atomic E-state index is 13.0. The molecule has 0 aliphatic carbocycles. The fourth-order valence-corrected chi connectivity index (χ4v) is 3.37. The van der Waals surface area contributed by atoms with Gasteiger partial charge >= 0.3 is 0 Å². The molecule has 1 atom stereocenters. The minimum Gasteiger partial charge on any atom is -0.493 e. The molecule has 0 fully saturated rings. The van der Waals surface area contributed by atoms with Gasteiger partial charge < -0.3 is 19.7 Å². The highest BCUT2D eigenvalue weighted by Gasteiger charge is 2.35. The van der Waals surface area contributed by atoms with Crippen LogP contribution < -0.4 is 14.8 Å². The van der Waals surface area contributed by atoms with Gasteiger partial charge in [0.05, 0.1) is 14.2 Å². The first kappa shape index (κ1) is 18.8. The Morgan fingerprint density at radius 3 is 2.56 bits per heavy atom. The Morgan fingerprint density at radius 1 is 1.15 bits per heavy atom. The summed E-state index contributed by atoms with van der Waals surface area (Å²) in [5.74, 6) is 0.828. The van der Waals surface area contributed by atoms with E-state index < -0.39 is 6.04 Å². The molecule has 0 unspecified atom stereocenters. The average Bonchev–Trinajstić information content (AvgIpc) is 3.02. The zero-order valence-corrected chi connectivity index (χ0v) is 15.8. The van der Waals surface area contributed by atoms with E-state index in [4.69, 9.17) is 9.47 Å². The van der Waals surface area contributed by atoms with E-state index in [-0.39, 0.29) is 11.8 Å². The average molecular weight is 368 g/mol. The molecule has 2 aromatic carbocycles. The van der Waals surface area contributed by atoms with Crippen LogP contribution in [0.4, 0.5) is 5.69 Å². The van der Waals surface area contributed by atoms with Crippen molar-refractivity contribution >= 4 is 17.5 Å². The van der Waals surface area contributed by atoms with Gasteiger partial charge in [-0.05, 0) is 30.2 Å². The zero-order chi connectivity index (χ0) is 19.4. The molecule has 0 bridgehead atoms. The van der Waals surface area contributed by atoms with E-state index in [1.165, 1.54) is 0 Å². The fourth-order valence-electron chi connectivity index (χ4n) is 3.37. The number of rotatable bonds is 7. The first-order valence-electron chi connectivity index (χ1n) is 9.00. The molecule has 142 valence electrons. The van der Waals surface area contributed by atoms with Crippen LogP contribution in [0.25, 0.3) is 0 Å². The number of amides is 2. The van der Waals surface area contributed by atoms with Gasteiger partial charge in [-0.2, -0.15) is 0 Å². The SMILES string of the molecule is CCC[C@H](C(=O)Nc1ccc(OC)c(OC)c1)N1Cc2ccccc2C1=O. The van der Waals surface area contributed by atoms with Crippen molar-refractivity contribution in [2.75, 3.05) is 19.5 Å². The molecule has 3 rings (SSSR count). The summed E-state index contributed by atoms with van der Waals surface area (Å²) in [4.78, 5) is 27.4. The zero-order valence-electron chi connectivity index (χ0n) is 15.8. The van der Waals surface area contributed by atoms with Gasteiger partial charge in [-0.15, -0.1) is 0 Å². The molecule has 0 radical (unpaired) electrons. The Kier molecular flexibility index (Phi) is 5.64. The number of carbonyl (C=O) groups is 2. The summed E-state index contributed by atoms with van der Waals surface area (Å²) >= 11 is 0. The number of anilines is 1. The number of nitrogens with zero attached hydrogens (tertiary/aromatic N) is 1. The molecule has 1 heterocycles. The second kappa shape index (κ2) is 8.12. The molecule has 1 aliphatic heterocycles. The molecule has 2 amide bonds. The molecular formula is C21H24N2O4. The van der Waals surface area contributed by atoms with Crippen molar-refractivity contribution in [2.24, 2.45) is 0 Å². The summed E-state index contributed by atoms with van der Waals surface area (Å²) in [6.45, 7) is 2.46. The number of hydrogen-bond donors (Lipinski definition) is 1. The third kappa shape index (κ3) is 3.74. The molecule has 6 heteroatoms. The largest absolute Gasteiger partial charge is 0.493 e. The van der Waals surface area contributed by atoms with E-state index in [1.807, 2.05) is 31.2 Å². The Bertz CT molecular complexity index is 850. The van der Waals surface area contributed by atoms with Crippen molar-refractivity contribution in [2.45, 2.75) is 32.4 Å². The molecule has 27 heavy (non-hydrogen) atoms. The van der Waals surface area contributed by atoms with Gasteiger partial charge in [-0.1, -0.05) is 31.5 Å². The van der Waals surface area contributed by atoms with Crippen LogP contribution in [-0.2, 0) is 11.3 Å². The third-order valence-corrected chi connectivity index (χ3v) is 4.74. The van der Waals surface area contributed by atoms with Crippen LogP contribution in [0, 0.1) is 0 Å². The number of methoxy groups -OCH3 is 2. The van der Waals surface area contributed by atoms with E-state index in [9.17, 15) is 9.59 Å². The lowest BCUT2D eigenvalue weighted by molar-refractivity contribution is -0.120. The topological polar surface area (TPSA) is 67.9 Å². The molecule has 0 saturated carbocycles. The first-order valence-corrected chi connectivity index (χ1v) is 9.00. The molecule has 1 N–H and O–H groups in total. The molecule has 0 saturated heterocycles. The van der Waals surface area contributed by atoms with Gasteiger partial charge in [0.2, 0.25) is 5.91 Å². The highest BCUT2D eigenvalue weighted by molar-refractivity contribution is 6.03. The summed E-state index contributed by atoms with van der Waals surface area (Å²) in [6, 6.07) is 12.2. The van der Waals surface area contributed by atoms with Crippen LogP contribution in [-0.4, -0.2) is 37.0 Å².